The Labute approximate surface area is 161 Å². The van der Waals surface area contributed by atoms with E-state index in [-0.39, 0.29) is 51.7 Å². The van der Waals surface area contributed by atoms with Crippen LogP contribution >= 0.6 is 0 Å². The third-order valence-electron chi connectivity index (χ3n) is 2.46. The molecular formula is C16H28O12. The number of carbonyl (C=O) groups is 4. The van der Waals surface area contributed by atoms with E-state index in [1.165, 1.54) is 13.8 Å². The Morgan fingerprint density at radius 1 is 0.643 bits per heavy atom. The van der Waals surface area contributed by atoms with E-state index in [4.69, 9.17) is 20.4 Å². The lowest BCUT2D eigenvalue weighted by Gasteiger charge is -2.05. The first-order valence-corrected chi connectivity index (χ1v) is 8.50. The molecule has 28 heavy (non-hydrogen) atoms. The second-order valence-electron chi connectivity index (χ2n) is 5.58. The van der Waals surface area contributed by atoms with Crippen LogP contribution in [0.2, 0.25) is 0 Å². The molecule has 0 saturated heterocycles. The summed E-state index contributed by atoms with van der Waals surface area (Å²) in [4.78, 5) is 59.2. The first-order chi connectivity index (χ1) is 13.1. The number of rotatable bonds is 10. The van der Waals surface area contributed by atoms with Crippen molar-refractivity contribution in [2.75, 3.05) is 13.2 Å². The summed E-state index contributed by atoms with van der Waals surface area (Å²) in [7, 11) is 0. The number of aliphatic hydroxyl groups is 4. The van der Waals surface area contributed by atoms with Crippen LogP contribution in [0.3, 0.4) is 0 Å². The molecule has 2 atom stereocenters. The average Bonchev–Trinajstić information content (AvgIpc) is 2.60. The molecule has 0 radical (unpaired) electrons. The van der Waals surface area contributed by atoms with Crippen molar-refractivity contribution in [1.82, 2.24) is 0 Å². The maximum Gasteiger partial charge on any atom is 0.358 e. The van der Waals surface area contributed by atoms with E-state index in [1.54, 1.807) is 0 Å². The molecule has 0 heterocycles. The summed E-state index contributed by atoms with van der Waals surface area (Å²) in [6.45, 7) is 2.57. The van der Waals surface area contributed by atoms with Gasteiger partial charge in [0.15, 0.2) is 0 Å². The van der Waals surface area contributed by atoms with Gasteiger partial charge in [-0.3, -0.25) is 0 Å². The van der Waals surface area contributed by atoms with Crippen LogP contribution < -0.4 is 0 Å². The van der Waals surface area contributed by atoms with Crippen LogP contribution in [0.5, 0.6) is 0 Å². The smallest absolute Gasteiger partial charge is 0.358 e. The molecule has 0 spiro atoms. The van der Waals surface area contributed by atoms with Gasteiger partial charge in [0.05, 0.1) is 37.9 Å². The molecule has 0 aromatic rings. The Hall–Kier alpha value is -2.28. The highest BCUT2D eigenvalue weighted by atomic mass is 17.2. The number of hydrogen-bond acceptors (Lipinski definition) is 12. The van der Waals surface area contributed by atoms with Crippen LogP contribution in [-0.4, -0.2) is 69.7 Å². The van der Waals surface area contributed by atoms with Crippen molar-refractivity contribution < 1.29 is 59.2 Å². The van der Waals surface area contributed by atoms with Crippen LogP contribution in [0.1, 0.15) is 52.4 Å². The molecule has 12 heteroatoms. The summed E-state index contributed by atoms with van der Waals surface area (Å²) in [6, 6.07) is 0. The predicted octanol–water partition coefficient (Wildman–Crippen LogP) is -0.938. The van der Waals surface area contributed by atoms with Crippen molar-refractivity contribution in [3.8, 4) is 0 Å². The van der Waals surface area contributed by atoms with Gasteiger partial charge in [0, 0.05) is 13.2 Å². The molecule has 164 valence electrons. The maximum atomic E-state index is 10.7. The number of aliphatic hydroxyl groups excluding tert-OH is 4. The minimum Gasteiger partial charge on any atom is -0.396 e. The van der Waals surface area contributed by atoms with E-state index in [9.17, 15) is 19.2 Å². The highest BCUT2D eigenvalue weighted by Crippen LogP contribution is 1.98. The fourth-order valence-corrected chi connectivity index (χ4v) is 1.27. The fourth-order valence-electron chi connectivity index (χ4n) is 1.27. The van der Waals surface area contributed by atoms with E-state index < -0.39 is 36.1 Å². The molecule has 4 N–H and O–H groups in total. The summed E-state index contributed by atoms with van der Waals surface area (Å²) in [5.74, 6) is -3.06. The Morgan fingerprint density at radius 3 is 1.18 bits per heavy atom. The van der Waals surface area contributed by atoms with Crippen molar-refractivity contribution in [2.45, 2.75) is 64.6 Å². The summed E-state index contributed by atoms with van der Waals surface area (Å²) in [5.41, 5.74) is 0. The standard InChI is InChI=1S/2C8H14O6/c1-5(9)3-7(11)13-14-8(12)4-6(2)10;9-5-1-3-7(11)13-14-8(12)4-2-6-10/h5-6,9-10H,3-4H2,1-2H3;9-10H,1-6H2. The molecule has 0 aliphatic carbocycles. The predicted molar refractivity (Wildman–Crippen MR) is 89.6 cm³/mol. The highest BCUT2D eigenvalue weighted by molar-refractivity contribution is 5.73. The maximum absolute atomic E-state index is 10.7. The quantitative estimate of drug-likeness (QED) is 0.255. The average molecular weight is 412 g/mol. The first-order valence-electron chi connectivity index (χ1n) is 8.50. The van der Waals surface area contributed by atoms with Gasteiger partial charge in [-0.2, -0.15) is 0 Å². The van der Waals surface area contributed by atoms with E-state index in [0.717, 1.165) is 0 Å². The summed E-state index contributed by atoms with van der Waals surface area (Å²) < 4.78 is 0. The molecule has 0 aliphatic heterocycles. The summed E-state index contributed by atoms with van der Waals surface area (Å²) >= 11 is 0. The monoisotopic (exact) mass is 412 g/mol. The molecule has 2 unspecified atom stereocenters. The molecule has 0 fully saturated rings. The lowest BCUT2D eigenvalue weighted by molar-refractivity contribution is -0.261. The van der Waals surface area contributed by atoms with Gasteiger partial charge in [-0.1, -0.05) is 0 Å². The SMILES string of the molecule is CC(O)CC(=O)OOC(=O)CC(C)O.O=C(CCCO)OOC(=O)CCCO. The van der Waals surface area contributed by atoms with E-state index in [2.05, 4.69) is 19.6 Å². The van der Waals surface area contributed by atoms with Crippen LogP contribution in [0, 0.1) is 0 Å². The third kappa shape index (κ3) is 21.8. The molecule has 0 rings (SSSR count). The molecule has 0 amide bonds. The Morgan fingerprint density at radius 2 is 0.929 bits per heavy atom. The lowest BCUT2D eigenvalue weighted by atomic mass is 10.3. The van der Waals surface area contributed by atoms with Crippen LogP contribution in [-0.2, 0) is 38.7 Å². The highest BCUT2D eigenvalue weighted by Gasteiger charge is 2.13. The summed E-state index contributed by atoms with van der Waals surface area (Å²) in [6.07, 6.45) is -1.65. The Kier molecular flexibility index (Phi) is 18.1. The Balaban J connectivity index is 0. The largest absolute Gasteiger partial charge is 0.396 e. The zero-order valence-electron chi connectivity index (χ0n) is 15.9. The molecule has 0 saturated carbocycles. The second-order valence-corrected chi connectivity index (χ2v) is 5.58. The molecule has 12 nitrogen and oxygen atoms in total. The molecule has 0 aliphatic rings. The van der Waals surface area contributed by atoms with Gasteiger partial charge in [-0.05, 0) is 26.7 Å². The van der Waals surface area contributed by atoms with E-state index in [0.29, 0.717) is 0 Å². The zero-order chi connectivity index (χ0) is 21.9. The first kappa shape index (κ1) is 27.9. The van der Waals surface area contributed by atoms with Gasteiger partial charge in [-0.15, -0.1) is 0 Å². The van der Waals surface area contributed by atoms with Gasteiger partial charge < -0.3 is 20.4 Å². The minimum absolute atomic E-state index is 0.00375. The molecule has 0 aromatic heterocycles. The summed E-state index contributed by atoms with van der Waals surface area (Å²) in [5, 5.41) is 34.2. The van der Waals surface area contributed by atoms with Gasteiger partial charge >= 0.3 is 23.9 Å². The molecule has 0 aromatic carbocycles. The van der Waals surface area contributed by atoms with Crippen molar-refractivity contribution in [2.24, 2.45) is 0 Å². The lowest BCUT2D eigenvalue weighted by Crippen LogP contribution is -2.18. The number of carbonyl (C=O) groups excluding carboxylic acids is 4. The van der Waals surface area contributed by atoms with E-state index >= 15 is 0 Å². The zero-order valence-corrected chi connectivity index (χ0v) is 15.9. The van der Waals surface area contributed by atoms with Crippen molar-refractivity contribution in [3.63, 3.8) is 0 Å². The normalized spacial score (nSPS) is 11.9. The van der Waals surface area contributed by atoms with Gasteiger partial charge in [0.2, 0.25) is 0 Å². The van der Waals surface area contributed by atoms with Crippen molar-refractivity contribution >= 4 is 23.9 Å². The Bertz CT molecular complexity index is 419. The van der Waals surface area contributed by atoms with Gasteiger partial charge in [-0.25, -0.2) is 38.7 Å². The van der Waals surface area contributed by atoms with Crippen LogP contribution in [0.25, 0.3) is 0 Å². The second kappa shape index (κ2) is 18.1. The fraction of sp³-hybridized carbons (Fsp3) is 0.750. The van der Waals surface area contributed by atoms with Crippen LogP contribution in [0.4, 0.5) is 0 Å². The third-order valence-corrected chi connectivity index (χ3v) is 2.46. The van der Waals surface area contributed by atoms with Crippen molar-refractivity contribution in [1.29, 1.82) is 0 Å². The van der Waals surface area contributed by atoms with Gasteiger partial charge in [0.25, 0.3) is 0 Å². The van der Waals surface area contributed by atoms with Crippen LogP contribution in [0.15, 0.2) is 0 Å². The van der Waals surface area contributed by atoms with Crippen molar-refractivity contribution in [3.05, 3.63) is 0 Å². The van der Waals surface area contributed by atoms with E-state index in [1.807, 2.05) is 0 Å². The van der Waals surface area contributed by atoms with Gasteiger partial charge in [0.1, 0.15) is 0 Å². The molecule has 0 bridgehead atoms. The minimum atomic E-state index is -0.849. The topological polar surface area (TPSA) is 186 Å². The number of hydrogen-bond donors (Lipinski definition) is 4. The molecular weight excluding hydrogens is 384 g/mol.